The largest absolute Gasteiger partial charge is 0.497 e. The third kappa shape index (κ3) is 8.21. The molecule has 0 radical (unpaired) electrons. The molecule has 10 nitrogen and oxygen atoms in total. The van der Waals surface area contributed by atoms with Gasteiger partial charge < -0.3 is 33.2 Å². The van der Waals surface area contributed by atoms with Crippen molar-refractivity contribution in [2.45, 2.75) is 122 Å². The predicted molar refractivity (Wildman–Crippen MR) is 187 cm³/mol. The first-order valence-corrected chi connectivity index (χ1v) is 20.7. The van der Waals surface area contributed by atoms with E-state index in [1.165, 1.54) is 0 Å². The number of carbonyl (C=O) groups excluding carboxylic acids is 3. The molecule has 0 spiro atoms. The van der Waals surface area contributed by atoms with E-state index in [-0.39, 0.29) is 47.7 Å². The van der Waals surface area contributed by atoms with E-state index in [0.717, 1.165) is 17.7 Å². The molecular formula is C37H60N2O8Si. The highest BCUT2D eigenvalue weighted by molar-refractivity contribution is 6.74. The van der Waals surface area contributed by atoms with Gasteiger partial charge in [0.2, 0.25) is 5.91 Å². The van der Waals surface area contributed by atoms with Crippen molar-refractivity contribution in [3.05, 3.63) is 29.8 Å². The number of piperidine rings is 1. The third-order valence-electron chi connectivity index (χ3n) is 10.9. The van der Waals surface area contributed by atoms with Gasteiger partial charge in [-0.05, 0) is 95.1 Å². The SMILES string of the molecule is CCOC(=O)C[C@@]12[C@@H]3CCN(C(=O)OC(C)(C)C)[C@@H]1[C@H](CO[Si](C)(C)C(C)(C)C)CC3C(=O)N2CCCCOCc1ccc(OC)cc1. The molecule has 2 heterocycles. The van der Waals surface area contributed by atoms with Crippen molar-refractivity contribution in [1.82, 2.24) is 9.80 Å². The first-order valence-electron chi connectivity index (χ1n) is 17.8. The second-order valence-electron chi connectivity index (χ2n) is 16.3. The number of likely N-dealkylation sites (tertiary alicyclic amines) is 2. The first kappa shape index (κ1) is 38.2. The Hall–Kier alpha value is -2.63. The van der Waals surface area contributed by atoms with Crippen molar-refractivity contribution in [2.75, 3.05) is 40.0 Å². The van der Waals surface area contributed by atoms with Crippen molar-refractivity contribution < 1.29 is 37.8 Å². The fraction of sp³-hybridized carbons (Fsp3) is 0.757. The van der Waals surface area contributed by atoms with E-state index in [1.807, 2.05) is 54.8 Å². The monoisotopic (exact) mass is 688 g/mol. The molecular weight excluding hydrogens is 628 g/mol. The molecule has 3 fully saturated rings. The van der Waals surface area contributed by atoms with E-state index in [1.54, 1.807) is 14.0 Å². The van der Waals surface area contributed by atoms with Crippen LogP contribution in [0.15, 0.2) is 24.3 Å². The van der Waals surface area contributed by atoms with Gasteiger partial charge >= 0.3 is 12.1 Å². The molecule has 1 aromatic rings. The summed E-state index contributed by atoms with van der Waals surface area (Å²) >= 11 is 0. The Bertz CT molecular complexity index is 1270. The summed E-state index contributed by atoms with van der Waals surface area (Å²) in [6, 6.07) is 7.37. The van der Waals surface area contributed by atoms with Crippen LogP contribution in [0.2, 0.25) is 18.1 Å². The Labute approximate surface area is 289 Å². The van der Waals surface area contributed by atoms with Gasteiger partial charge in [0, 0.05) is 38.1 Å². The standard InChI is InChI=1S/C37H60N2O8Si/c1-11-45-31(40)23-37-30-18-20-38(34(42)47-35(2,3)4)32(37)27(25-46-48(9,10)36(5,6)7)22-29(30)33(41)39(37)19-12-13-21-44-24-26-14-16-28(43-8)17-15-26/h14-17,27,29-30,32H,11-13,18-25H2,1-10H3/t27-,29?,30+,32+,37+/m0/s1. The maximum Gasteiger partial charge on any atom is 0.410 e. The number of hydrogen-bond acceptors (Lipinski definition) is 8. The average molecular weight is 689 g/mol. The van der Waals surface area contributed by atoms with Crippen LogP contribution in [0.25, 0.3) is 0 Å². The maximum atomic E-state index is 14.4. The number of methoxy groups -OCH3 is 1. The third-order valence-corrected chi connectivity index (χ3v) is 15.4. The van der Waals surface area contributed by atoms with Gasteiger partial charge in [-0.3, -0.25) is 9.59 Å². The minimum atomic E-state index is -2.15. The smallest absolute Gasteiger partial charge is 0.410 e. The molecule has 4 rings (SSSR count). The molecule has 4 bridgehead atoms. The highest BCUT2D eigenvalue weighted by Gasteiger charge is 2.70. The quantitative estimate of drug-likeness (QED) is 0.119. The second kappa shape index (κ2) is 15.1. The summed E-state index contributed by atoms with van der Waals surface area (Å²) in [5.74, 6) is 0.119. The van der Waals surface area contributed by atoms with E-state index >= 15 is 0 Å². The number of rotatable bonds is 14. The number of amides is 2. The number of hydrogen-bond donors (Lipinski definition) is 0. The van der Waals surface area contributed by atoms with Crippen LogP contribution < -0.4 is 4.74 Å². The molecule has 1 saturated carbocycles. The number of carbonyl (C=O) groups is 3. The Morgan fingerprint density at radius 3 is 2.33 bits per heavy atom. The molecule has 1 aliphatic carbocycles. The normalized spacial score (nSPS) is 25.7. The zero-order valence-electron chi connectivity index (χ0n) is 31.1. The van der Waals surface area contributed by atoms with Crippen LogP contribution in [-0.2, 0) is 34.8 Å². The summed E-state index contributed by atoms with van der Waals surface area (Å²) in [6.45, 7) is 21.1. The van der Waals surface area contributed by atoms with Crippen LogP contribution in [0.3, 0.4) is 0 Å². The van der Waals surface area contributed by atoms with E-state index in [4.69, 9.17) is 23.4 Å². The van der Waals surface area contributed by atoms with Gasteiger partial charge in [-0.2, -0.15) is 0 Å². The summed E-state index contributed by atoms with van der Waals surface area (Å²) in [5.41, 5.74) is -0.523. The maximum absolute atomic E-state index is 14.4. The predicted octanol–water partition coefficient (Wildman–Crippen LogP) is 6.81. The van der Waals surface area contributed by atoms with Gasteiger partial charge in [0.05, 0.1) is 38.3 Å². The molecule has 1 aromatic carbocycles. The van der Waals surface area contributed by atoms with E-state index in [0.29, 0.717) is 52.2 Å². The summed E-state index contributed by atoms with van der Waals surface area (Å²) < 4.78 is 29.6. The molecule has 0 aromatic heterocycles. The molecule has 2 saturated heterocycles. The van der Waals surface area contributed by atoms with Crippen molar-refractivity contribution in [2.24, 2.45) is 17.8 Å². The van der Waals surface area contributed by atoms with Crippen LogP contribution in [0.1, 0.15) is 86.1 Å². The van der Waals surface area contributed by atoms with Crippen LogP contribution in [0, 0.1) is 17.8 Å². The van der Waals surface area contributed by atoms with Crippen LogP contribution >= 0.6 is 0 Å². The topological polar surface area (TPSA) is 104 Å². The fourth-order valence-electron chi connectivity index (χ4n) is 7.72. The van der Waals surface area contributed by atoms with Gasteiger partial charge in [0.25, 0.3) is 0 Å². The van der Waals surface area contributed by atoms with Gasteiger partial charge in [-0.1, -0.05) is 32.9 Å². The van der Waals surface area contributed by atoms with Crippen molar-refractivity contribution in [1.29, 1.82) is 0 Å². The van der Waals surface area contributed by atoms with Gasteiger partial charge in [0.15, 0.2) is 8.32 Å². The number of unbranched alkanes of at least 4 members (excludes halogenated alkanes) is 1. The van der Waals surface area contributed by atoms with E-state index < -0.39 is 31.6 Å². The molecule has 0 N–H and O–H groups in total. The molecule has 1 unspecified atom stereocenters. The van der Waals surface area contributed by atoms with E-state index in [9.17, 15) is 14.4 Å². The Kier molecular flexibility index (Phi) is 12.0. The summed E-state index contributed by atoms with van der Waals surface area (Å²) in [5, 5.41) is 0.000518. The Morgan fingerprint density at radius 1 is 1.04 bits per heavy atom. The fourth-order valence-corrected chi connectivity index (χ4v) is 8.78. The van der Waals surface area contributed by atoms with Gasteiger partial charge in [0.1, 0.15) is 11.4 Å². The lowest BCUT2D eigenvalue weighted by Gasteiger charge is -2.59. The van der Waals surface area contributed by atoms with Gasteiger partial charge in [-0.25, -0.2) is 4.79 Å². The molecule has 5 atom stereocenters. The minimum absolute atomic E-state index is 0.000518. The molecule has 48 heavy (non-hydrogen) atoms. The minimum Gasteiger partial charge on any atom is -0.497 e. The zero-order valence-corrected chi connectivity index (χ0v) is 32.1. The van der Waals surface area contributed by atoms with Crippen LogP contribution in [-0.4, -0.2) is 93.3 Å². The lowest BCUT2D eigenvalue weighted by atomic mass is 9.58. The number of nitrogens with zero attached hydrogens (tertiary/aromatic N) is 2. The first-order chi connectivity index (χ1) is 22.4. The molecule has 2 amide bonds. The Morgan fingerprint density at radius 2 is 1.73 bits per heavy atom. The summed E-state index contributed by atoms with van der Waals surface area (Å²) in [4.78, 5) is 45.6. The lowest BCUT2D eigenvalue weighted by molar-refractivity contribution is -0.156. The van der Waals surface area contributed by atoms with Crippen LogP contribution in [0.5, 0.6) is 5.75 Å². The molecule has 2 aliphatic heterocycles. The zero-order chi connectivity index (χ0) is 35.5. The number of ether oxygens (including phenoxy) is 4. The molecule has 3 aliphatic rings. The van der Waals surface area contributed by atoms with Crippen molar-refractivity contribution in [3.63, 3.8) is 0 Å². The highest BCUT2D eigenvalue weighted by atomic mass is 28.4. The van der Waals surface area contributed by atoms with E-state index in [2.05, 4.69) is 33.9 Å². The Balaban J connectivity index is 1.61. The second-order valence-corrected chi connectivity index (χ2v) is 21.1. The number of benzene rings is 1. The number of esters is 1. The van der Waals surface area contributed by atoms with Crippen molar-refractivity contribution >= 4 is 26.3 Å². The highest BCUT2D eigenvalue weighted by Crippen LogP contribution is 2.59. The molecule has 270 valence electrons. The van der Waals surface area contributed by atoms with Gasteiger partial charge in [-0.15, -0.1) is 0 Å². The van der Waals surface area contributed by atoms with Crippen LogP contribution in [0.4, 0.5) is 4.79 Å². The van der Waals surface area contributed by atoms with Crippen molar-refractivity contribution in [3.8, 4) is 5.75 Å². The summed E-state index contributed by atoms with van der Waals surface area (Å²) in [6.07, 6.45) is 2.35. The lowest BCUT2D eigenvalue weighted by Crippen LogP contribution is -2.72. The summed E-state index contributed by atoms with van der Waals surface area (Å²) in [7, 11) is -0.507. The average Bonchev–Trinajstić information content (AvgIpc) is 3.14. The molecule has 11 heteroatoms.